The van der Waals surface area contributed by atoms with Crippen molar-refractivity contribution in [2.45, 2.75) is 20.8 Å². The highest BCUT2D eigenvalue weighted by Crippen LogP contribution is 2.25. The lowest BCUT2D eigenvalue weighted by atomic mass is 10.1. The smallest absolute Gasteiger partial charge is 0.0481 e. The average Bonchev–Trinajstić information content (AvgIpc) is 2.43. The van der Waals surface area contributed by atoms with Gasteiger partial charge in [-0.1, -0.05) is 24.8 Å². The van der Waals surface area contributed by atoms with Crippen molar-refractivity contribution < 1.29 is 0 Å². The van der Waals surface area contributed by atoms with Gasteiger partial charge in [0.1, 0.15) is 0 Å². The van der Waals surface area contributed by atoms with Crippen LogP contribution >= 0.6 is 0 Å². The molecule has 0 amide bonds. The Hall–Kier alpha value is -1.50. The van der Waals surface area contributed by atoms with E-state index in [1.807, 2.05) is 19.9 Å². The molecule has 0 fully saturated rings. The van der Waals surface area contributed by atoms with E-state index in [0.717, 1.165) is 0 Å². The molecule has 0 atom stereocenters. The Balaban J connectivity index is 3.53. The Labute approximate surface area is 92.4 Å². The van der Waals surface area contributed by atoms with Crippen LogP contribution in [0.4, 0.5) is 0 Å². The Morgan fingerprint density at radius 1 is 1.07 bits per heavy atom. The third kappa shape index (κ3) is 1.96. The molecular formula is C14H19N. The predicted molar refractivity (Wildman–Crippen MR) is 69.7 cm³/mol. The minimum atomic E-state index is 1.19. The van der Waals surface area contributed by atoms with Crippen LogP contribution in [0, 0.1) is 6.92 Å². The Kier molecular flexibility index (Phi) is 3.73. The summed E-state index contributed by atoms with van der Waals surface area (Å²) in [6, 6.07) is 0. The maximum atomic E-state index is 3.86. The molecule has 0 unspecified atom stereocenters. The monoisotopic (exact) mass is 201 g/mol. The fourth-order valence-corrected chi connectivity index (χ4v) is 1.92. The highest BCUT2D eigenvalue weighted by atomic mass is 15.0. The van der Waals surface area contributed by atoms with Crippen molar-refractivity contribution in [3.8, 4) is 0 Å². The molecule has 0 saturated carbocycles. The van der Waals surface area contributed by atoms with Gasteiger partial charge in [-0.25, -0.2) is 0 Å². The lowest BCUT2D eigenvalue weighted by Crippen LogP contribution is -1.93. The van der Waals surface area contributed by atoms with Crippen LogP contribution in [-0.2, 0) is 7.05 Å². The van der Waals surface area contributed by atoms with Crippen LogP contribution in [0.15, 0.2) is 18.7 Å². The van der Waals surface area contributed by atoms with Crippen molar-refractivity contribution in [3.63, 3.8) is 0 Å². The Morgan fingerprint density at radius 2 is 1.67 bits per heavy atom. The van der Waals surface area contributed by atoms with Crippen molar-refractivity contribution in [2.24, 2.45) is 7.05 Å². The van der Waals surface area contributed by atoms with E-state index in [0.29, 0.717) is 0 Å². The predicted octanol–water partition coefficient (Wildman–Crippen LogP) is 4.04. The minimum Gasteiger partial charge on any atom is -0.344 e. The molecule has 0 aliphatic rings. The summed E-state index contributed by atoms with van der Waals surface area (Å²) in [4.78, 5) is 0. The van der Waals surface area contributed by atoms with E-state index in [9.17, 15) is 0 Å². The van der Waals surface area contributed by atoms with E-state index in [4.69, 9.17) is 0 Å². The number of nitrogens with zero attached hydrogens (tertiary/aromatic N) is 1. The quantitative estimate of drug-likeness (QED) is 0.695. The van der Waals surface area contributed by atoms with E-state index in [1.54, 1.807) is 0 Å². The zero-order chi connectivity index (χ0) is 11.4. The van der Waals surface area contributed by atoms with Crippen LogP contribution in [0.25, 0.3) is 18.2 Å². The molecule has 0 N–H and O–H groups in total. The fourth-order valence-electron chi connectivity index (χ4n) is 1.92. The van der Waals surface area contributed by atoms with Crippen molar-refractivity contribution in [3.05, 3.63) is 41.2 Å². The molecule has 0 spiro atoms. The molecule has 1 aromatic rings. The standard InChI is InChI=1S/C14H19N/c1-6-9-12-11(4)13(8-3)15(5)14(12)10-7-2/h6-10H,3H2,1-2,4-5H3/b9-6-,10-7-. The van der Waals surface area contributed by atoms with Gasteiger partial charge >= 0.3 is 0 Å². The third-order valence-corrected chi connectivity index (χ3v) is 2.64. The summed E-state index contributed by atoms with van der Waals surface area (Å²) < 4.78 is 2.18. The van der Waals surface area contributed by atoms with Gasteiger partial charge in [0.2, 0.25) is 0 Å². The average molecular weight is 201 g/mol. The van der Waals surface area contributed by atoms with E-state index in [-0.39, 0.29) is 0 Å². The zero-order valence-electron chi connectivity index (χ0n) is 10.0. The summed E-state index contributed by atoms with van der Waals surface area (Å²) in [7, 11) is 2.08. The molecule has 0 aliphatic carbocycles. The summed E-state index contributed by atoms with van der Waals surface area (Å²) in [6.07, 6.45) is 10.3. The summed E-state index contributed by atoms with van der Waals surface area (Å²) in [5.41, 5.74) is 5.01. The Morgan fingerprint density at radius 3 is 2.13 bits per heavy atom. The lowest BCUT2D eigenvalue weighted by Gasteiger charge is -2.00. The number of rotatable bonds is 3. The van der Waals surface area contributed by atoms with Crippen molar-refractivity contribution in [1.29, 1.82) is 0 Å². The first-order valence-corrected chi connectivity index (χ1v) is 5.24. The van der Waals surface area contributed by atoms with Gasteiger partial charge in [0.15, 0.2) is 0 Å². The second kappa shape index (κ2) is 4.83. The lowest BCUT2D eigenvalue weighted by molar-refractivity contribution is 0.898. The van der Waals surface area contributed by atoms with Gasteiger partial charge in [0.25, 0.3) is 0 Å². The molecule has 1 heterocycles. The first-order chi connectivity index (χ1) is 7.17. The molecule has 0 aromatic carbocycles. The summed E-state index contributed by atoms with van der Waals surface area (Å²) >= 11 is 0. The van der Waals surface area contributed by atoms with Crippen molar-refractivity contribution >= 4 is 18.2 Å². The fraction of sp³-hybridized carbons (Fsp3) is 0.286. The molecule has 1 rings (SSSR count). The van der Waals surface area contributed by atoms with Crippen LogP contribution in [0.2, 0.25) is 0 Å². The van der Waals surface area contributed by atoms with E-state index < -0.39 is 0 Å². The van der Waals surface area contributed by atoms with Crippen molar-refractivity contribution in [1.82, 2.24) is 4.57 Å². The normalized spacial score (nSPS) is 11.7. The van der Waals surface area contributed by atoms with Crippen molar-refractivity contribution in [2.75, 3.05) is 0 Å². The largest absolute Gasteiger partial charge is 0.344 e. The number of hydrogen-bond donors (Lipinski definition) is 0. The molecule has 0 aliphatic heterocycles. The molecule has 0 saturated heterocycles. The van der Waals surface area contributed by atoms with E-state index in [1.165, 1.54) is 22.5 Å². The minimum absolute atomic E-state index is 1.19. The third-order valence-electron chi connectivity index (χ3n) is 2.64. The van der Waals surface area contributed by atoms with Gasteiger partial charge in [-0.3, -0.25) is 0 Å². The first-order valence-electron chi connectivity index (χ1n) is 5.24. The number of allylic oxidation sites excluding steroid dienone is 2. The Bertz CT molecular complexity index is 382. The van der Waals surface area contributed by atoms with Gasteiger partial charge in [-0.2, -0.15) is 0 Å². The van der Waals surface area contributed by atoms with Gasteiger partial charge in [0.05, 0.1) is 0 Å². The number of aromatic nitrogens is 1. The van der Waals surface area contributed by atoms with E-state index in [2.05, 4.69) is 49.4 Å². The SMILES string of the molecule is C=Cc1c(C)c(/C=C\C)c(/C=C\C)n1C. The first kappa shape index (κ1) is 11.6. The summed E-state index contributed by atoms with van der Waals surface area (Å²) in [5, 5.41) is 0. The van der Waals surface area contributed by atoms with Gasteiger partial charge < -0.3 is 4.57 Å². The van der Waals surface area contributed by atoms with E-state index >= 15 is 0 Å². The molecular weight excluding hydrogens is 182 g/mol. The summed E-state index contributed by atoms with van der Waals surface area (Å²) in [5.74, 6) is 0. The molecule has 80 valence electrons. The molecule has 0 radical (unpaired) electrons. The zero-order valence-corrected chi connectivity index (χ0v) is 10.0. The van der Waals surface area contributed by atoms with Crippen LogP contribution in [0.1, 0.15) is 36.4 Å². The molecule has 15 heavy (non-hydrogen) atoms. The topological polar surface area (TPSA) is 4.93 Å². The van der Waals surface area contributed by atoms with Crippen LogP contribution < -0.4 is 0 Å². The second-order valence-electron chi connectivity index (χ2n) is 3.57. The molecule has 1 heteroatoms. The summed E-state index contributed by atoms with van der Waals surface area (Å²) in [6.45, 7) is 10.1. The van der Waals surface area contributed by atoms with Crippen LogP contribution in [-0.4, -0.2) is 4.57 Å². The maximum Gasteiger partial charge on any atom is 0.0481 e. The highest BCUT2D eigenvalue weighted by Gasteiger charge is 2.11. The molecule has 1 nitrogen and oxygen atoms in total. The molecule has 1 aromatic heterocycles. The van der Waals surface area contributed by atoms with Gasteiger partial charge in [-0.15, -0.1) is 0 Å². The second-order valence-corrected chi connectivity index (χ2v) is 3.57. The van der Waals surface area contributed by atoms with Crippen LogP contribution in [0.3, 0.4) is 0 Å². The molecule has 0 bridgehead atoms. The van der Waals surface area contributed by atoms with Crippen LogP contribution in [0.5, 0.6) is 0 Å². The highest BCUT2D eigenvalue weighted by molar-refractivity contribution is 5.71. The maximum absolute atomic E-state index is 3.86. The van der Waals surface area contributed by atoms with Gasteiger partial charge in [-0.05, 0) is 38.5 Å². The van der Waals surface area contributed by atoms with Gasteiger partial charge in [0, 0.05) is 24.0 Å². The number of hydrogen-bond acceptors (Lipinski definition) is 0.